The van der Waals surface area contributed by atoms with Gasteiger partial charge in [0.2, 0.25) is 19.5 Å². The van der Waals surface area contributed by atoms with E-state index in [4.69, 9.17) is 38.5 Å². The van der Waals surface area contributed by atoms with Crippen LogP contribution in [0.5, 0.6) is 0 Å². The number of aromatic nitrogens is 4. The van der Waals surface area contributed by atoms with Crippen LogP contribution < -0.4 is 5.73 Å². The van der Waals surface area contributed by atoms with E-state index in [0.29, 0.717) is 27.5 Å². The molecule has 1 aliphatic carbocycles. The largest absolute Gasteiger partial charge is 0.510 e. The zero-order chi connectivity index (χ0) is 36.2. The predicted molar refractivity (Wildman–Crippen MR) is 174 cm³/mol. The van der Waals surface area contributed by atoms with Gasteiger partial charge in [0.15, 0.2) is 5.65 Å². The van der Waals surface area contributed by atoms with Crippen LogP contribution in [0, 0.1) is 16.0 Å². The van der Waals surface area contributed by atoms with Crippen molar-refractivity contribution >= 4 is 54.5 Å². The first-order chi connectivity index (χ1) is 22.8. The molecule has 20 heteroatoms. The number of carbonyl (C=O) groups is 2. The topological polar surface area (TPSA) is 229 Å². The molecule has 0 aliphatic heterocycles. The van der Waals surface area contributed by atoms with Crippen molar-refractivity contribution in [1.29, 1.82) is 0 Å². The standard InChI is InChI=1S/C29H39N6O12PS/c1-18-12-29(18,13-34-14-31-21-22(34)32-24(30)33-23(21)49-20-10-8-19(9-11-20)35(38)39)43-17-48(40,44-15-41-25(36)46-27(2,3)4)45-16-42-26(37)47-28(5,6)7/h8-11,14,18H,12-13,15-17H2,1-7H3,(H2,30,32,33). The third kappa shape index (κ3) is 11.0. The van der Waals surface area contributed by atoms with E-state index in [1.165, 1.54) is 23.9 Å². The van der Waals surface area contributed by atoms with Gasteiger partial charge in [0.25, 0.3) is 5.69 Å². The van der Waals surface area contributed by atoms with Gasteiger partial charge in [-0.25, -0.2) is 19.6 Å². The molecular weight excluding hydrogens is 687 g/mol. The van der Waals surface area contributed by atoms with E-state index in [-0.39, 0.29) is 24.1 Å². The molecule has 2 heterocycles. The zero-order valence-electron chi connectivity index (χ0n) is 28.1. The van der Waals surface area contributed by atoms with E-state index in [0.717, 1.165) is 0 Å². The fourth-order valence-corrected chi connectivity index (χ4v) is 6.21. The van der Waals surface area contributed by atoms with Gasteiger partial charge in [0.1, 0.15) is 28.1 Å². The van der Waals surface area contributed by atoms with Crippen molar-refractivity contribution in [3.8, 4) is 0 Å². The summed E-state index contributed by atoms with van der Waals surface area (Å²) >= 11 is 1.22. The molecule has 268 valence electrons. The highest BCUT2D eigenvalue weighted by Crippen LogP contribution is 2.54. The van der Waals surface area contributed by atoms with Crippen LogP contribution in [0.1, 0.15) is 54.9 Å². The molecule has 0 bridgehead atoms. The Balaban J connectivity index is 1.47. The number of nitrogens with zero attached hydrogens (tertiary/aromatic N) is 5. The first-order valence-corrected chi connectivity index (χ1v) is 17.5. The second kappa shape index (κ2) is 14.8. The van der Waals surface area contributed by atoms with E-state index in [9.17, 15) is 24.3 Å². The fourth-order valence-electron chi connectivity index (χ4n) is 4.27. The number of ether oxygens (including phenoxy) is 5. The van der Waals surface area contributed by atoms with Crippen LogP contribution in [0.4, 0.5) is 21.2 Å². The van der Waals surface area contributed by atoms with Crippen molar-refractivity contribution in [2.75, 3.05) is 25.7 Å². The number of non-ortho nitro benzene ring substituents is 1. The fraction of sp³-hybridized carbons (Fsp3) is 0.552. The summed E-state index contributed by atoms with van der Waals surface area (Å²) in [6.45, 7) is 10.4. The predicted octanol–water partition coefficient (Wildman–Crippen LogP) is 6.27. The molecule has 0 radical (unpaired) electrons. The maximum Gasteiger partial charge on any atom is 0.510 e. The molecule has 2 atom stereocenters. The second-order valence-electron chi connectivity index (χ2n) is 13.1. The summed E-state index contributed by atoms with van der Waals surface area (Å²) in [4.78, 5) is 48.4. The number of anilines is 1. The monoisotopic (exact) mass is 726 g/mol. The number of nitro benzene ring substituents is 1. The molecule has 1 aromatic carbocycles. The van der Waals surface area contributed by atoms with E-state index in [1.54, 1.807) is 64.6 Å². The molecule has 4 rings (SSSR count). The lowest BCUT2D eigenvalue weighted by Crippen LogP contribution is -2.27. The molecule has 2 unspecified atom stereocenters. The molecule has 2 N–H and O–H groups in total. The van der Waals surface area contributed by atoms with Gasteiger partial charge in [0.05, 0.1) is 23.4 Å². The lowest BCUT2D eigenvalue weighted by atomic mass is 10.2. The van der Waals surface area contributed by atoms with Crippen LogP contribution in [-0.2, 0) is 43.8 Å². The Kier molecular flexibility index (Phi) is 11.4. The first kappa shape index (κ1) is 37.8. The van der Waals surface area contributed by atoms with E-state index >= 15 is 0 Å². The Morgan fingerprint density at radius 2 is 1.59 bits per heavy atom. The van der Waals surface area contributed by atoms with Gasteiger partial charge in [-0.15, -0.1) is 0 Å². The van der Waals surface area contributed by atoms with Crippen molar-refractivity contribution in [2.24, 2.45) is 5.92 Å². The van der Waals surface area contributed by atoms with Crippen LogP contribution in [-0.4, -0.2) is 73.5 Å². The summed E-state index contributed by atoms with van der Waals surface area (Å²) in [6.07, 6.45) is -0.614. The number of hydrogen-bond donors (Lipinski definition) is 1. The molecule has 0 saturated heterocycles. The van der Waals surface area contributed by atoms with E-state index in [2.05, 4.69) is 15.0 Å². The SMILES string of the molecule is CC1CC1(Cn1cnc2c(Sc3ccc([N+](=O)[O-])cc3)nc(N)nc21)OCP(=O)(OCOC(=O)OC(C)(C)C)OCOC(=O)OC(C)(C)C. The number of fused-ring (bicyclic) bond motifs is 1. The van der Waals surface area contributed by atoms with Gasteiger partial charge in [0, 0.05) is 17.0 Å². The summed E-state index contributed by atoms with van der Waals surface area (Å²) in [5.74, 6) is -0.0266. The maximum atomic E-state index is 13.7. The molecule has 3 aromatic rings. The molecule has 1 aliphatic rings. The number of nitro groups is 1. The lowest BCUT2D eigenvalue weighted by Gasteiger charge is -2.24. The maximum absolute atomic E-state index is 13.7. The second-order valence-corrected chi connectivity index (χ2v) is 16.1. The number of carbonyl (C=O) groups excluding carboxylic acids is 2. The Hall–Kier alpha value is -4.03. The Morgan fingerprint density at radius 3 is 2.08 bits per heavy atom. The van der Waals surface area contributed by atoms with Crippen molar-refractivity contribution in [3.63, 3.8) is 0 Å². The van der Waals surface area contributed by atoms with E-state index in [1.807, 2.05) is 6.92 Å². The number of imidazole rings is 1. The Labute approximate surface area is 286 Å². The van der Waals surface area contributed by atoms with Crippen molar-refractivity contribution in [3.05, 3.63) is 40.7 Å². The third-order valence-corrected chi connectivity index (χ3v) is 9.11. The minimum atomic E-state index is -4.22. The summed E-state index contributed by atoms with van der Waals surface area (Å²) in [6, 6.07) is 5.96. The average molecular weight is 727 g/mol. The van der Waals surface area contributed by atoms with Crippen LogP contribution in [0.15, 0.2) is 40.5 Å². The van der Waals surface area contributed by atoms with Gasteiger partial charge in [-0.3, -0.25) is 23.7 Å². The van der Waals surface area contributed by atoms with Gasteiger partial charge in [-0.05, 0) is 66.0 Å². The van der Waals surface area contributed by atoms with Gasteiger partial charge in [-0.2, -0.15) is 4.98 Å². The minimum Gasteiger partial charge on any atom is -0.429 e. The van der Waals surface area contributed by atoms with Gasteiger partial charge < -0.3 is 34.0 Å². The summed E-state index contributed by atoms with van der Waals surface area (Å²) in [5, 5.41) is 11.5. The lowest BCUT2D eigenvalue weighted by molar-refractivity contribution is -0.384. The highest BCUT2D eigenvalue weighted by atomic mass is 32.2. The molecule has 18 nitrogen and oxygen atoms in total. The summed E-state index contributed by atoms with van der Waals surface area (Å²) < 4.78 is 52.2. The third-order valence-electron chi connectivity index (χ3n) is 6.68. The molecule has 1 saturated carbocycles. The summed E-state index contributed by atoms with van der Waals surface area (Å²) in [7, 11) is -4.22. The Morgan fingerprint density at radius 1 is 1.04 bits per heavy atom. The number of hydrogen-bond acceptors (Lipinski definition) is 17. The quantitative estimate of drug-likeness (QED) is 0.0482. The summed E-state index contributed by atoms with van der Waals surface area (Å²) in [5.41, 5.74) is 4.30. The van der Waals surface area contributed by atoms with Crippen LogP contribution in [0.3, 0.4) is 0 Å². The zero-order valence-corrected chi connectivity index (χ0v) is 29.8. The number of nitrogen functional groups attached to an aromatic ring is 1. The normalized spacial score (nSPS) is 17.8. The number of nitrogens with two attached hydrogens (primary N) is 1. The van der Waals surface area contributed by atoms with Gasteiger partial charge >= 0.3 is 19.9 Å². The van der Waals surface area contributed by atoms with Crippen molar-refractivity contribution < 1.29 is 51.8 Å². The highest BCUT2D eigenvalue weighted by Gasteiger charge is 2.54. The van der Waals surface area contributed by atoms with Crippen molar-refractivity contribution in [2.45, 2.75) is 88.2 Å². The van der Waals surface area contributed by atoms with Gasteiger partial charge in [-0.1, -0.05) is 18.7 Å². The van der Waals surface area contributed by atoms with Crippen molar-refractivity contribution in [1.82, 2.24) is 19.5 Å². The van der Waals surface area contributed by atoms with Crippen LogP contribution in [0.25, 0.3) is 11.2 Å². The molecular formula is C29H39N6O12PS. The van der Waals surface area contributed by atoms with E-state index < -0.39 is 61.6 Å². The van der Waals surface area contributed by atoms with Crippen LogP contribution in [0.2, 0.25) is 0 Å². The molecule has 0 amide bonds. The highest BCUT2D eigenvalue weighted by molar-refractivity contribution is 7.99. The number of benzene rings is 1. The number of rotatable bonds is 14. The smallest absolute Gasteiger partial charge is 0.429 e. The average Bonchev–Trinajstić information content (AvgIpc) is 3.42. The molecule has 49 heavy (non-hydrogen) atoms. The minimum absolute atomic E-state index is 0.0115. The first-order valence-electron chi connectivity index (χ1n) is 14.9. The Bertz CT molecular complexity index is 1690. The molecule has 0 spiro atoms. The molecule has 1 fully saturated rings. The van der Waals surface area contributed by atoms with Crippen LogP contribution >= 0.6 is 19.4 Å². The molecule has 2 aromatic heterocycles.